The Balaban J connectivity index is 0.000000207. The lowest BCUT2D eigenvalue weighted by Crippen LogP contribution is -2.25. The second-order valence-corrected chi connectivity index (χ2v) is 11.0. The lowest BCUT2D eigenvalue weighted by atomic mass is 9.69. The maximum absolute atomic E-state index is 13.0. The average Bonchev–Trinajstić information content (AvgIpc) is 3.71. The predicted octanol–water partition coefficient (Wildman–Crippen LogP) is 9.39. The van der Waals surface area contributed by atoms with Crippen LogP contribution in [-0.4, -0.2) is 6.54 Å². The van der Waals surface area contributed by atoms with Crippen LogP contribution in [0.4, 0.5) is 4.39 Å². The van der Waals surface area contributed by atoms with Gasteiger partial charge in [-0.2, -0.15) is 0 Å². The van der Waals surface area contributed by atoms with Crippen molar-refractivity contribution in [2.24, 2.45) is 17.3 Å². The van der Waals surface area contributed by atoms with Gasteiger partial charge < -0.3 is 5.32 Å². The van der Waals surface area contributed by atoms with Crippen LogP contribution in [0.1, 0.15) is 83.4 Å². The molecule has 2 heteroatoms. The largest absolute Gasteiger partial charge is 0.312 e. The predicted molar refractivity (Wildman–Crippen MR) is 158 cm³/mol. The molecule has 2 saturated carbocycles. The Morgan fingerprint density at radius 2 is 1.70 bits per heavy atom. The Kier molecular flexibility index (Phi) is 10.9. The number of aryl methyl sites for hydroxylation is 1. The van der Waals surface area contributed by atoms with Gasteiger partial charge in [0.2, 0.25) is 0 Å². The van der Waals surface area contributed by atoms with E-state index in [1.54, 1.807) is 17.7 Å². The van der Waals surface area contributed by atoms with Crippen molar-refractivity contribution in [1.82, 2.24) is 5.32 Å². The third-order valence-electron chi connectivity index (χ3n) is 8.49. The highest BCUT2D eigenvalue weighted by Gasteiger charge is 2.42. The van der Waals surface area contributed by atoms with E-state index < -0.39 is 0 Å². The van der Waals surface area contributed by atoms with E-state index in [-0.39, 0.29) is 5.82 Å². The zero-order valence-corrected chi connectivity index (χ0v) is 23.9. The maximum Gasteiger partial charge on any atom is 0.123 e. The molecule has 0 saturated heterocycles. The monoisotopic (exact) mass is 501 g/mol. The van der Waals surface area contributed by atoms with Crippen molar-refractivity contribution in [2.75, 3.05) is 6.54 Å². The Labute approximate surface area is 226 Å². The van der Waals surface area contributed by atoms with Gasteiger partial charge in [0.05, 0.1) is 0 Å². The summed E-state index contributed by atoms with van der Waals surface area (Å²) >= 11 is 0. The first kappa shape index (κ1) is 29.1. The first-order valence-electron chi connectivity index (χ1n) is 14.5. The number of benzene rings is 2. The summed E-state index contributed by atoms with van der Waals surface area (Å²) in [6.07, 6.45) is 12.9. The molecule has 0 aliphatic heterocycles. The quantitative estimate of drug-likeness (QED) is 0.380. The van der Waals surface area contributed by atoms with Gasteiger partial charge in [-0.3, -0.25) is 0 Å². The second kappa shape index (κ2) is 13.9. The van der Waals surface area contributed by atoms with Crippen molar-refractivity contribution in [3.8, 4) is 0 Å². The Morgan fingerprint density at radius 1 is 1.03 bits per heavy atom. The van der Waals surface area contributed by atoms with E-state index >= 15 is 0 Å². The molecule has 2 aromatic carbocycles. The van der Waals surface area contributed by atoms with Gasteiger partial charge in [-0.15, -0.1) is 0 Å². The van der Waals surface area contributed by atoms with Crippen molar-refractivity contribution in [3.63, 3.8) is 0 Å². The molecular weight excluding hydrogens is 453 g/mol. The molecule has 2 fully saturated rings. The van der Waals surface area contributed by atoms with Crippen LogP contribution in [0.3, 0.4) is 0 Å². The number of fused-ring (bicyclic) bond motifs is 1. The van der Waals surface area contributed by atoms with E-state index in [0.717, 1.165) is 43.2 Å². The third-order valence-corrected chi connectivity index (χ3v) is 8.49. The lowest BCUT2D eigenvalue weighted by molar-refractivity contribution is 0.292. The van der Waals surface area contributed by atoms with Gasteiger partial charge in [0, 0.05) is 6.54 Å². The van der Waals surface area contributed by atoms with E-state index in [1.807, 2.05) is 32.1 Å². The van der Waals surface area contributed by atoms with Crippen LogP contribution in [-0.2, 0) is 19.4 Å². The van der Waals surface area contributed by atoms with Gasteiger partial charge in [0.25, 0.3) is 0 Å². The minimum Gasteiger partial charge on any atom is -0.312 e. The van der Waals surface area contributed by atoms with Gasteiger partial charge in [0.15, 0.2) is 0 Å². The van der Waals surface area contributed by atoms with Gasteiger partial charge >= 0.3 is 0 Å². The van der Waals surface area contributed by atoms with Gasteiger partial charge in [-0.05, 0) is 109 Å². The highest BCUT2D eigenvalue weighted by atomic mass is 19.1. The highest BCUT2D eigenvalue weighted by Crippen LogP contribution is 2.54. The summed E-state index contributed by atoms with van der Waals surface area (Å²) in [5, 5.41) is 3.54. The molecule has 0 bridgehead atoms. The number of halogens is 1. The average molecular weight is 502 g/mol. The van der Waals surface area contributed by atoms with E-state index in [9.17, 15) is 4.39 Å². The molecule has 2 aromatic rings. The van der Waals surface area contributed by atoms with Crippen molar-refractivity contribution in [1.29, 1.82) is 0 Å². The molecule has 0 radical (unpaired) electrons. The molecule has 0 spiro atoms. The van der Waals surface area contributed by atoms with E-state index in [0.29, 0.717) is 5.41 Å². The Morgan fingerprint density at radius 3 is 2.32 bits per heavy atom. The first-order chi connectivity index (χ1) is 17.9. The maximum atomic E-state index is 13.0. The zero-order valence-electron chi connectivity index (χ0n) is 23.9. The molecule has 200 valence electrons. The van der Waals surface area contributed by atoms with Gasteiger partial charge in [-0.1, -0.05) is 95.3 Å². The van der Waals surface area contributed by atoms with Crippen molar-refractivity contribution in [3.05, 3.63) is 106 Å². The summed E-state index contributed by atoms with van der Waals surface area (Å²) in [5.74, 6) is 1.55. The molecule has 37 heavy (non-hydrogen) atoms. The molecule has 1 nitrogen and oxygen atoms in total. The zero-order chi connectivity index (χ0) is 26.8. The Bertz CT molecular complexity index is 1070. The molecular formula is C35H48FN. The van der Waals surface area contributed by atoms with Crippen LogP contribution in [0.5, 0.6) is 0 Å². The standard InChI is InChI=1S/C20H23F.C13H19N.C2H6/c1-4-16-13-20(3)14(2)5-8-18(20)12-17(16)11-15-6-9-19(21)10-7-15;1-2-12-5-3-4-6-13(12)10-14-9-11-7-8-11;1-2/h4,6-7,9-10,12,14H,1,5,8,11,13H2,2-3H3;3-6,11,14H,2,7-10H2,1H3;1-2H3. The normalized spacial score (nSPS) is 22.2. The van der Waals surface area contributed by atoms with E-state index in [1.165, 1.54) is 54.5 Å². The summed E-state index contributed by atoms with van der Waals surface area (Å²) in [5.41, 5.74) is 8.74. The molecule has 3 aliphatic rings. The third kappa shape index (κ3) is 7.77. The van der Waals surface area contributed by atoms with Crippen molar-refractivity contribution in [2.45, 2.75) is 86.1 Å². The van der Waals surface area contributed by atoms with Crippen LogP contribution < -0.4 is 5.32 Å². The van der Waals surface area contributed by atoms with Crippen LogP contribution in [0, 0.1) is 23.1 Å². The number of rotatable bonds is 8. The van der Waals surface area contributed by atoms with Gasteiger partial charge in [-0.25, -0.2) is 4.39 Å². The molecule has 1 N–H and O–H groups in total. The van der Waals surface area contributed by atoms with E-state index in [4.69, 9.17) is 0 Å². The molecule has 0 amide bonds. The molecule has 3 aliphatic carbocycles. The highest BCUT2D eigenvalue weighted by molar-refractivity contribution is 5.46. The summed E-state index contributed by atoms with van der Waals surface area (Å²) in [4.78, 5) is 0. The summed E-state index contributed by atoms with van der Waals surface area (Å²) in [6, 6.07) is 15.6. The molecule has 0 aromatic heterocycles. The van der Waals surface area contributed by atoms with Crippen LogP contribution in [0.2, 0.25) is 0 Å². The minimum atomic E-state index is -0.170. The van der Waals surface area contributed by atoms with E-state index in [2.05, 4.69) is 63.0 Å². The van der Waals surface area contributed by atoms with Crippen LogP contribution >= 0.6 is 0 Å². The number of nitrogens with one attached hydrogen (secondary N) is 1. The van der Waals surface area contributed by atoms with Gasteiger partial charge in [0.1, 0.15) is 5.82 Å². The molecule has 0 heterocycles. The fourth-order valence-corrected chi connectivity index (χ4v) is 5.63. The molecule has 2 atom stereocenters. The minimum absolute atomic E-state index is 0.170. The lowest BCUT2D eigenvalue weighted by Gasteiger charge is -2.36. The first-order valence-corrected chi connectivity index (χ1v) is 14.5. The SMILES string of the molecule is C=CC1=C(Cc2ccc(F)cc2)C=C2CCC(C)C2(C)C1.CC.CCc1ccccc1CNCC1CC1. The fraction of sp³-hybridized carbons (Fsp3) is 0.486. The van der Waals surface area contributed by atoms with Crippen molar-refractivity contribution >= 4 is 0 Å². The summed E-state index contributed by atoms with van der Waals surface area (Å²) in [7, 11) is 0. The molecule has 5 rings (SSSR count). The topological polar surface area (TPSA) is 12.0 Å². The fourth-order valence-electron chi connectivity index (χ4n) is 5.63. The molecule has 2 unspecified atom stereocenters. The number of allylic oxidation sites excluding steroid dienone is 5. The number of hydrogen-bond acceptors (Lipinski definition) is 1. The number of hydrogen-bond donors (Lipinski definition) is 1. The van der Waals surface area contributed by atoms with Crippen LogP contribution in [0.25, 0.3) is 0 Å². The summed E-state index contributed by atoms with van der Waals surface area (Å²) in [6.45, 7) is 17.2. The smallest absolute Gasteiger partial charge is 0.123 e. The second-order valence-electron chi connectivity index (χ2n) is 11.0. The van der Waals surface area contributed by atoms with Crippen molar-refractivity contribution < 1.29 is 4.39 Å². The summed E-state index contributed by atoms with van der Waals surface area (Å²) < 4.78 is 13.0. The van der Waals surface area contributed by atoms with Crippen LogP contribution in [0.15, 0.2) is 84.0 Å². The Hall–Kier alpha value is -2.45.